The highest BCUT2D eigenvalue weighted by atomic mass is 32.1. The van der Waals surface area contributed by atoms with Gasteiger partial charge in [0.05, 0.1) is 11.4 Å². The van der Waals surface area contributed by atoms with Crippen LogP contribution in [0, 0.1) is 5.92 Å². The molecule has 0 bridgehead atoms. The molecule has 22 heavy (non-hydrogen) atoms. The molecule has 1 unspecified atom stereocenters. The van der Waals surface area contributed by atoms with Crippen LogP contribution in [0.2, 0.25) is 0 Å². The van der Waals surface area contributed by atoms with Gasteiger partial charge in [-0.15, -0.1) is 0 Å². The molecule has 2 rings (SSSR count). The summed E-state index contributed by atoms with van der Waals surface area (Å²) in [4.78, 5) is 22.7. The Morgan fingerprint density at radius 3 is 2.91 bits per heavy atom. The van der Waals surface area contributed by atoms with Crippen molar-refractivity contribution >= 4 is 35.2 Å². The number of anilines is 1. The number of hydrogen-bond donors (Lipinski definition) is 3. The highest BCUT2D eigenvalue weighted by Gasteiger charge is 2.24. The molecule has 0 saturated carbocycles. The summed E-state index contributed by atoms with van der Waals surface area (Å²) in [5.74, 6) is -0.0820. The summed E-state index contributed by atoms with van der Waals surface area (Å²) < 4.78 is 0. The van der Waals surface area contributed by atoms with Gasteiger partial charge in [0.25, 0.3) is 5.24 Å². The molecule has 2 N–H and O–H groups in total. The normalized spacial score (nSPS) is 17.7. The second kappa shape index (κ2) is 7.45. The number of aryl methyl sites for hydroxylation is 1. The van der Waals surface area contributed by atoms with Crippen molar-refractivity contribution < 1.29 is 9.59 Å². The molecule has 5 nitrogen and oxygen atoms in total. The van der Waals surface area contributed by atoms with Crippen LogP contribution in [0.4, 0.5) is 10.5 Å². The van der Waals surface area contributed by atoms with Crippen LogP contribution < -0.4 is 10.7 Å². The minimum atomic E-state index is -0.415. The fraction of sp³-hybridized carbons (Fsp3) is 0.438. The van der Waals surface area contributed by atoms with Gasteiger partial charge >= 0.3 is 0 Å². The molecule has 1 aromatic carbocycles. The Balaban J connectivity index is 2.36. The minimum Gasteiger partial charge on any atom is -0.316 e. The van der Waals surface area contributed by atoms with Gasteiger partial charge in [-0.2, -0.15) is 5.10 Å². The molecule has 2 amide bonds. The van der Waals surface area contributed by atoms with E-state index in [1.54, 1.807) is 0 Å². The summed E-state index contributed by atoms with van der Waals surface area (Å²) >= 11 is 3.80. The smallest absolute Gasteiger partial charge is 0.280 e. The van der Waals surface area contributed by atoms with Crippen LogP contribution in [0.1, 0.15) is 44.2 Å². The van der Waals surface area contributed by atoms with Gasteiger partial charge in [-0.3, -0.25) is 9.59 Å². The molecule has 1 aliphatic heterocycles. The average molecular weight is 319 g/mol. The van der Waals surface area contributed by atoms with Crippen molar-refractivity contribution in [3.05, 3.63) is 29.3 Å². The number of amides is 2. The lowest BCUT2D eigenvalue weighted by Crippen LogP contribution is -2.32. The van der Waals surface area contributed by atoms with Crippen LogP contribution >= 0.6 is 12.6 Å². The Morgan fingerprint density at radius 2 is 2.27 bits per heavy atom. The summed E-state index contributed by atoms with van der Waals surface area (Å²) in [6, 6.07) is 5.96. The van der Waals surface area contributed by atoms with Crippen molar-refractivity contribution in [3.63, 3.8) is 0 Å². The molecule has 1 aromatic rings. The van der Waals surface area contributed by atoms with Crippen molar-refractivity contribution in [2.45, 2.75) is 39.5 Å². The summed E-state index contributed by atoms with van der Waals surface area (Å²) in [5.41, 5.74) is 5.97. The fourth-order valence-electron chi connectivity index (χ4n) is 2.55. The number of hydrazone groups is 1. The molecule has 0 aromatic heterocycles. The third-order valence-electron chi connectivity index (χ3n) is 3.68. The predicted octanol–water partition coefficient (Wildman–Crippen LogP) is 3.35. The van der Waals surface area contributed by atoms with Crippen LogP contribution in [0.25, 0.3) is 0 Å². The maximum Gasteiger partial charge on any atom is 0.280 e. The minimum absolute atomic E-state index is 0.00538. The Bertz CT molecular complexity index is 613. The Morgan fingerprint density at radius 1 is 1.50 bits per heavy atom. The van der Waals surface area contributed by atoms with E-state index in [2.05, 4.69) is 35.4 Å². The van der Waals surface area contributed by atoms with E-state index in [4.69, 9.17) is 0 Å². The lowest BCUT2D eigenvalue weighted by molar-refractivity contribution is -0.121. The quantitative estimate of drug-likeness (QED) is 0.728. The Kier molecular flexibility index (Phi) is 5.60. The van der Waals surface area contributed by atoms with Crippen molar-refractivity contribution in [1.29, 1.82) is 0 Å². The number of carbonyl (C=O) groups excluding carboxylic acids is 2. The van der Waals surface area contributed by atoms with E-state index in [-0.39, 0.29) is 11.8 Å². The maximum absolute atomic E-state index is 11.4. The van der Waals surface area contributed by atoms with Gasteiger partial charge in [0.2, 0.25) is 5.91 Å². The van der Waals surface area contributed by atoms with E-state index in [1.165, 1.54) is 0 Å². The molecule has 1 atom stereocenters. The van der Waals surface area contributed by atoms with Gasteiger partial charge in [-0.05, 0) is 24.5 Å². The van der Waals surface area contributed by atoms with E-state index < -0.39 is 5.24 Å². The largest absolute Gasteiger partial charge is 0.316 e. The van der Waals surface area contributed by atoms with Crippen LogP contribution in [0.3, 0.4) is 0 Å². The van der Waals surface area contributed by atoms with E-state index >= 15 is 0 Å². The number of hydrogen-bond acceptors (Lipinski definition) is 3. The average Bonchev–Trinajstić information content (AvgIpc) is 2.45. The van der Waals surface area contributed by atoms with Gasteiger partial charge in [-0.25, -0.2) is 5.43 Å². The van der Waals surface area contributed by atoms with Gasteiger partial charge in [-0.1, -0.05) is 45.0 Å². The first-order valence-electron chi connectivity index (χ1n) is 7.51. The number of thiol groups is 1. The molecule has 0 saturated heterocycles. The molecule has 0 spiro atoms. The fourth-order valence-corrected chi connectivity index (χ4v) is 2.67. The van der Waals surface area contributed by atoms with E-state index in [1.807, 2.05) is 25.1 Å². The molecule has 6 heteroatoms. The molecule has 0 radical (unpaired) electrons. The Hall–Kier alpha value is -1.82. The molecular weight excluding hydrogens is 298 g/mol. The predicted molar refractivity (Wildman–Crippen MR) is 91.5 cm³/mol. The molecule has 1 heterocycles. The van der Waals surface area contributed by atoms with Crippen molar-refractivity contribution in [1.82, 2.24) is 5.43 Å². The van der Waals surface area contributed by atoms with Crippen LogP contribution in [0.15, 0.2) is 23.3 Å². The van der Waals surface area contributed by atoms with Gasteiger partial charge < -0.3 is 5.32 Å². The highest BCUT2D eigenvalue weighted by molar-refractivity contribution is 7.96. The van der Waals surface area contributed by atoms with E-state index in [0.717, 1.165) is 36.1 Å². The molecule has 1 aliphatic rings. The van der Waals surface area contributed by atoms with E-state index in [0.29, 0.717) is 12.1 Å². The van der Waals surface area contributed by atoms with Crippen molar-refractivity contribution in [3.8, 4) is 0 Å². The molecular formula is C16H21N3O2S. The van der Waals surface area contributed by atoms with Gasteiger partial charge in [0.15, 0.2) is 0 Å². The standard InChI is InChI=1S/C16H21N3O2S/c1-3-4-5-11-6-7-12(13(9-11)17-16(21)22)15-10(2)8-14(20)18-19-15/h6-7,9-10H,3-5,8H2,1-2H3,(H,18,20)(H2,17,21,22). The monoisotopic (exact) mass is 319 g/mol. The number of nitrogens with zero attached hydrogens (tertiary/aromatic N) is 1. The van der Waals surface area contributed by atoms with Gasteiger partial charge in [0.1, 0.15) is 0 Å². The topological polar surface area (TPSA) is 70.6 Å². The summed E-state index contributed by atoms with van der Waals surface area (Å²) in [7, 11) is 0. The highest BCUT2D eigenvalue weighted by Crippen LogP contribution is 2.25. The van der Waals surface area contributed by atoms with Crippen molar-refractivity contribution in [2.24, 2.45) is 11.0 Å². The summed E-state index contributed by atoms with van der Waals surface area (Å²) in [6.07, 6.45) is 3.57. The van der Waals surface area contributed by atoms with Gasteiger partial charge in [0, 0.05) is 17.9 Å². The molecule has 118 valence electrons. The Labute approximate surface area is 136 Å². The lowest BCUT2D eigenvalue weighted by atomic mass is 9.92. The number of nitrogens with one attached hydrogen (secondary N) is 2. The zero-order chi connectivity index (χ0) is 16.1. The summed E-state index contributed by atoms with van der Waals surface area (Å²) in [5, 5.41) is 6.50. The zero-order valence-electron chi connectivity index (χ0n) is 12.8. The van der Waals surface area contributed by atoms with Crippen LogP contribution in [-0.4, -0.2) is 16.9 Å². The third kappa shape index (κ3) is 4.10. The first-order valence-corrected chi connectivity index (χ1v) is 7.95. The number of rotatable bonds is 5. The van der Waals surface area contributed by atoms with Crippen molar-refractivity contribution in [2.75, 3.05) is 5.32 Å². The number of carbonyl (C=O) groups is 2. The second-order valence-corrected chi connectivity index (χ2v) is 5.96. The number of benzene rings is 1. The van der Waals surface area contributed by atoms with Crippen LogP contribution in [0.5, 0.6) is 0 Å². The van der Waals surface area contributed by atoms with Crippen LogP contribution in [-0.2, 0) is 11.2 Å². The first-order chi connectivity index (χ1) is 10.5. The first kappa shape index (κ1) is 16.5. The maximum atomic E-state index is 11.4. The zero-order valence-corrected chi connectivity index (χ0v) is 13.7. The lowest BCUT2D eigenvalue weighted by Gasteiger charge is -2.21. The second-order valence-electron chi connectivity index (χ2n) is 5.55. The molecule has 0 fully saturated rings. The summed E-state index contributed by atoms with van der Waals surface area (Å²) in [6.45, 7) is 4.10. The number of unbranched alkanes of at least 4 members (excludes halogenated alkanes) is 1. The third-order valence-corrected chi connectivity index (χ3v) is 3.79. The SMILES string of the molecule is CCCCc1ccc(C2=NNC(=O)CC2C)c(NC(=O)S)c1. The van der Waals surface area contributed by atoms with E-state index in [9.17, 15) is 9.59 Å². The molecule has 0 aliphatic carbocycles.